The number of halogens is 4. The van der Waals surface area contributed by atoms with E-state index in [1.165, 1.54) is 0 Å². The van der Waals surface area contributed by atoms with Crippen molar-refractivity contribution in [1.29, 1.82) is 0 Å². The van der Waals surface area contributed by atoms with Crippen molar-refractivity contribution < 1.29 is 32.2 Å². The van der Waals surface area contributed by atoms with Gasteiger partial charge in [0.15, 0.2) is 6.61 Å². The third kappa shape index (κ3) is 10.0. The number of carbonyl (C=O) groups is 1. The monoisotopic (exact) mass is 666 g/mol. The number of ether oxygens (including phenoxy) is 3. The van der Waals surface area contributed by atoms with Crippen molar-refractivity contribution in [2.75, 3.05) is 50.2 Å². The van der Waals surface area contributed by atoms with Crippen molar-refractivity contribution in [1.82, 2.24) is 20.3 Å². The van der Waals surface area contributed by atoms with Crippen molar-refractivity contribution in [3.63, 3.8) is 0 Å². The number of nitrogens with two attached hydrogens (primary N) is 1. The molecule has 4 N–H and O–H groups in total. The first-order valence-electron chi connectivity index (χ1n) is 13.7. The first-order chi connectivity index (χ1) is 20.6. The second kappa shape index (κ2) is 14.8. The van der Waals surface area contributed by atoms with Gasteiger partial charge >= 0.3 is 12.2 Å². The first-order valence-corrected chi connectivity index (χ1v) is 14.8. The summed E-state index contributed by atoms with van der Waals surface area (Å²) in [7, 11) is 0. The molecule has 232 valence electrons. The summed E-state index contributed by atoms with van der Waals surface area (Å²) in [5.41, 5.74) is 7.66. The van der Waals surface area contributed by atoms with Gasteiger partial charge in [-0.25, -0.2) is 0 Å². The summed E-state index contributed by atoms with van der Waals surface area (Å²) < 4.78 is 54.2. The van der Waals surface area contributed by atoms with Crippen LogP contribution in [0.1, 0.15) is 34.2 Å². The Morgan fingerprint density at radius 3 is 2.37 bits per heavy atom. The van der Waals surface area contributed by atoms with E-state index in [9.17, 15) is 18.0 Å². The number of nitrogens with zero attached hydrogens (tertiary/aromatic N) is 3. The maximum atomic E-state index is 12.8. The fourth-order valence-corrected chi connectivity index (χ4v) is 4.13. The number of benzene rings is 2. The van der Waals surface area contributed by atoms with Gasteiger partial charge < -0.3 is 30.6 Å². The van der Waals surface area contributed by atoms with Crippen LogP contribution in [0.4, 0.5) is 19.1 Å². The zero-order valence-corrected chi connectivity index (χ0v) is 25.2. The Balaban J connectivity index is 1.40. The number of hydrogen-bond acceptors (Lipinski definition) is 9. The predicted molar refractivity (Wildman–Crippen MR) is 157 cm³/mol. The van der Waals surface area contributed by atoms with E-state index in [2.05, 4.69) is 48.4 Å². The third-order valence-electron chi connectivity index (χ3n) is 6.65. The molecule has 1 saturated heterocycles. The molecular formula is C29H34BrF3N6O4. The number of anilines is 1. The van der Waals surface area contributed by atoms with Crippen molar-refractivity contribution in [3.05, 3.63) is 71.0 Å². The molecule has 14 heteroatoms. The van der Waals surface area contributed by atoms with Crippen molar-refractivity contribution in [2.45, 2.75) is 26.1 Å². The molecule has 1 fully saturated rings. The number of carbonyl (C=O) groups excluding carboxylic acids is 1. The molecule has 1 atom stereocenters. The lowest BCUT2D eigenvalue weighted by atomic mass is 9.86. The maximum absolute atomic E-state index is 12.8. The molecule has 0 radical (unpaired) electrons. The molecule has 2 heterocycles. The molecule has 0 unspecified atom stereocenters. The van der Waals surface area contributed by atoms with E-state index >= 15 is 0 Å². The minimum Gasteiger partial charge on any atom is -0.493 e. The van der Waals surface area contributed by atoms with Crippen LogP contribution in [0.5, 0.6) is 11.8 Å². The van der Waals surface area contributed by atoms with Crippen molar-refractivity contribution in [3.8, 4) is 11.8 Å². The maximum Gasteiger partial charge on any atom is 0.422 e. The number of rotatable bonds is 15. The fraction of sp³-hybridized carbons (Fsp3) is 0.448. The Hall–Kier alpha value is -3.49. The minimum absolute atomic E-state index is 0.0680. The van der Waals surface area contributed by atoms with Crippen LogP contribution in [0.15, 0.2) is 48.5 Å². The van der Waals surface area contributed by atoms with Crippen molar-refractivity contribution in [2.24, 2.45) is 17.1 Å². The Labute approximate surface area is 256 Å². The molecule has 0 saturated carbocycles. The molecule has 0 aliphatic carbocycles. The summed E-state index contributed by atoms with van der Waals surface area (Å²) in [5.74, 6) is 1.13. The van der Waals surface area contributed by atoms with Gasteiger partial charge in [-0.05, 0) is 41.3 Å². The van der Waals surface area contributed by atoms with E-state index in [0.717, 1.165) is 22.2 Å². The zero-order chi connectivity index (χ0) is 30.9. The van der Waals surface area contributed by atoms with E-state index in [1.807, 2.05) is 24.3 Å². The minimum atomic E-state index is -4.55. The van der Waals surface area contributed by atoms with E-state index < -0.39 is 18.8 Å². The predicted octanol–water partition coefficient (Wildman–Crippen LogP) is 4.13. The van der Waals surface area contributed by atoms with Crippen LogP contribution in [0.3, 0.4) is 0 Å². The zero-order valence-electron chi connectivity index (χ0n) is 23.6. The molecule has 2 aromatic carbocycles. The molecule has 1 amide bonds. The van der Waals surface area contributed by atoms with Crippen LogP contribution in [0.25, 0.3) is 0 Å². The molecule has 1 aliphatic rings. The molecule has 10 nitrogen and oxygen atoms in total. The van der Waals surface area contributed by atoms with Crippen LogP contribution in [-0.4, -0.2) is 71.9 Å². The van der Waals surface area contributed by atoms with Crippen molar-refractivity contribution >= 4 is 27.8 Å². The van der Waals surface area contributed by atoms with Crippen LogP contribution >= 0.6 is 15.9 Å². The summed E-state index contributed by atoms with van der Waals surface area (Å²) in [6.07, 6.45) is -4.38. The van der Waals surface area contributed by atoms with Crippen LogP contribution < -0.4 is 25.8 Å². The van der Waals surface area contributed by atoms with Crippen LogP contribution in [0, 0.1) is 11.3 Å². The van der Waals surface area contributed by atoms with Gasteiger partial charge in [-0.3, -0.25) is 4.79 Å². The number of hydrogen-bond donors (Lipinski definition) is 3. The molecule has 0 bridgehead atoms. The normalized spacial score (nSPS) is 14.8. The first kappa shape index (κ1) is 32.4. The van der Waals surface area contributed by atoms with Gasteiger partial charge in [0.1, 0.15) is 11.6 Å². The lowest BCUT2D eigenvalue weighted by Crippen LogP contribution is -2.55. The van der Waals surface area contributed by atoms with Gasteiger partial charge in [0.2, 0.25) is 5.95 Å². The quantitative estimate of drug-likeness (QED) is 0.205. The summed E-state index contributed by atoms with van der Waals surface area (Å²) in [6.45, 7) is 3.29. The van der Waals surface area contributed by atoms with Gasteiger partial charge in [-0.15, -0.1) is 0 Å². The van der Waals surface area contributed by atoms with Gasteiger partial charge in [0.25, 0.3) is 5.91 Å². The molecular weight excluding hydrogens is 633 g/mol. The molecule has 4 rings (SSSR count). The van der Waals surface area contributed by atoms with Crippen LogP contribution in [0.2, 0.25) is 0 Å². The van der Waals surface area contributed by atoms with E-state index in [-0.39, 0.29) is 29.5 Å². The Morgan fingerprint density at radius 1 is 1.07 bits per heavy atom. The molecule has 0 spiro atoms. The van der Waals surface area contributed by atoms with Gasteiger partial charge in [-0.1, -0.05) is 47.1 Å². The molecule has 3 aromatic rings. The number of nitrogens with one attached hydrogen (secondary N) is 2. The Morgan fingerprint density at radius 2 is 1.77 bits per heavy atom. The largest absolute Gasteiger partial charge is 0.493 e. The summed E-state index contributed by atoms with van der Waals surface area (Å²) >= 11 is 3.42. The highest BCUT2D eigenvalue weighted by Crippen LogP contribution is 2.25. The SMILES string of the molecule is C[C@H](CBr)COc1ccc(CNc2nc(Cc3ccc(C(=O)NCC4(CN)COC4)cc3)nc(OCC(F)(F)F)n2)cc1. The highest BCUT2D eigenvalue weighted by atomic mass is 79.9. The number of aromatic nitrogens is 3. The molecule has 43 heavy (non-hydrogen) atoms. The third-order valence-corrected chi connectivity index (χ3v) is 7.76. The summed E-state index contributed by atoms with van der Waals surface area (Å²) in [6, 6.07) is 13.8. The summed E-state index contributed by atoms with van der Waals surface area (Å²) in [5, 5.41) is 6.76. The Kier molecular flexibility index (Phi) is 11.2. The highest BCUT2D eigenvalue weighted by molar-refractivity contribution is 9.09. The number of amides is 1. The van der Waals surface area contributed by atoms with Gasteiger partial charge in [0.05, 0.1) is 19.8 Å². The van der Waals surface area contributed by atoms with Gasteiger partial charge in [-0.2, -0.15) is 28.1 Å². The van der Waals surface area contributed by atoms with Crippen LogP contribution in [-0.2, 0) is 17.7 Å². The lowest BCUT2D eigenvalue weighted by Gasteiger charge is -2.40. The van der Waals surface area contributed by atoms with E-state index in [0.29, 0.717) is 50.9 Å². The average molecular weight is 668 g/mol. The molecule has 1 aliphatic heterocycles. The number of alkyl halides is 4. The second-order valence-electron chi connectivity index (χ2n) is 10.6. The van der Waals surface area contributed by atoms with E-state index in [4.69, 9.17) is 19.9 Å². The Bertz CT molecular complexity index is 1340. The lowest BCUT2D eigenvalue weighted by molar-refractivity contribution is -0.154. The van der Waals surface area contributed by atoms with E-state index in [1.54, 1.807) is 24.3 Å². The standard InChI is InChI=1S/C29H34BrF3N6O4/c1-19(11-30)13-42-23-8-4-21(5-9-23)12-35-26-37-24(38-27(39-26)43-18-29(31,32)33)10-20-2-6-22(7-3-20)25(40)36-15-28(14-34)16-41-17-28/h2-9,19H,10-18,34H2,1H3,(H,36,40)(H,35,37,38,39)/t19-/m1/s1. The molecule has 1 aromatic heterocycles. The topological polar surface area (TPSA) is 134 Å². The summed E-state index contributed by atoms with van der Waals surface area (Å²) in [4.78, 5) is 25.0. The fourth-order valence-electron chi connectivity index (χ4n) is 3.94. The highest BCUT2D eigenvalue weighted by Gasteiger charge is 2.37. The van der Waals surface area contributed by atoms with Gasteiger partial charge in [0, 0.05) is 42.4 Å². The average Bonchev–Trinajstić information content (AvgIpc) is 2.98. The smallest absolute Gasteiger partial charge is 0.422 e. The second-order valence-corrected chi connectivity index (χ2v) is 11.2.